The van der Waals surface area contributed by atoms with E-state index >= 15 is 0 Å². The second-order valence-corrected chi connectivity index (χ2v) is 7.47. The van der Waals surface area contributed by atoms with Crippen LogP contribution in [0.5, 0.6) is 0 Å². The molecule has 9 heteroatoms. The topological polar surface area (TPSA) is 62.6 Å². The Bertz CT molecular complexity index is 1240. The van der Waals surface area contributed by atoms with Crippen molar-refractivity contribution in [2.75, 3.05) is 4.90 Å². The van der Waals surface area contributed by atoms with Gasteiger partial charge in [-0.3, -0.25) is 14.9 Å². The first kappa shape index (κ1) is 20.3. The monoisotopic (exact) mass is 460 g/mol. The lowest BCUT2D eigenvalue weighted by Crippen LogP contribution is -2.54. The van der Waals surface area contributed by atoms with E-state index in [1.54, 1.807) is 36.4 Å². The van der Waals surface area contributed by atoms with Crippen LogP contribution in [-0.2, 0) is 9.59 Å². The van der Waals surface area contributed by atoms with Crippen LogP contribution in [0.2, 0.25) is 10.0 Å². The number of carbonyl (C=O) groups excluding carboxylic acids is 2. The Hall–Kier alpha value is -3.00. The zero-order chi connectivity index (χ0) is 21.4. The average molecular weight is 461 g/mol. The molecule has 4 rings (SSSR count). The molecule has 0 saturated carbocycles. The Labute approximate surface area is 185 Å². The van der Waals surface area contributed by atoms with E-state index < -0.39 is 17.6 Å². The zero-order valence-corrected chi connectivity index (χ0v) is 17.3. The van der Waals surface area contributed by atoms with Crippen LogP contribution in [0, 0.1) is 5.82 Å². The highest BCUT2D eigenvalue weighted by Gasteiger charge is 2.35. The molecule has 30 heavy (non-hydrogen) atoms. The van der Waals surface area contributed by atoms with E-state index in [1.165, 1.54) is 24.3 Å². The van der Waals surface area contributed by atoms with E-state index in [0.29, 0.717) is 21.4 Å². The van der Waals surface area contributed by atoms with Gasteiger partial charge in [0.1, 0.15) is 22.9 Å². The second kappa shape index (κ2) is 8.02. The van der Waals surface area contributed by atoms with Gasteiger partial charge in [-0.1, -0.05) is 35.3 Å². The van der Waals surface area contributed by atoms with Gasteiger partial charge in [0, 0.05) is 10.6 Å². The molecule has 2 aromatic carbocycles. The molecule has 0 spiro atoms. The molecule has 0 radical (unpaired) electrons. The van der Waals surface area contributed by atoms with Gasteiger partial charge >= 0.3 is 0 Å². The van der Waals surface area contributed by atoms with Gasteiger partial charge in [0.25, 0.3) is 11.8 Å². The van der Waals surface area contributed by atoms with Gasteiger partial charge in [0.15, 0.2) is 5.11 Å². The van der Waals surface area contributed by atoms with Crippen LogP contribution >= 0.6 is 35.4 Å². The summed E-state index contributed by atoms with van der Waals surface area (Å²) in [6.07, 6.45) is 1.26. The molecule has 2 amide bonds. The van der Waals surface area contributed by atoms with Crippen LogP contribution in [0.4, 0.5) is 10.1 Å². The molecule has 0 aliphatic carbocycles. The lowest BCUT2D eigenvalue weighted by Gasteiger charge is -2.28. The highest BCUT2D eigenvalue weighted by Crippen LogP contribution is 2.32. The van der Waals surface area contributed by atoms with Crippen LogP contribution < -0.4 is 10.2 Å². The quantitative estimate of drug-likeness (QED) is 0.330. The van der Waals surface area contributed by atoms with Gasteiger partial charge in [0.05, 0.1) is 10.7 Å². The van der Waals surface area contributed by atoms with Crippen LogP contribution in [-0.4, -0.2) is 16.9 Å². The number of rotatable bonds is 3. The Balaban J connectivity index is 1.71. The first-order valence-electron chi connectivity index (χ1n) is 8.56. The van der Waals surface area contributed by atoms with Crippen LogP contribution in [0.3, 0.4) is 0 Å². The molecule has 1 aliphatic rings. The smallest absolute Gasteiger partial charge is 0.270 e. The summed E-state index contributed by atoms with van der Waals surface area (Å²) in [6.45, 7) is 0. The van der Waals surface area contributed by atoms with Crippen molar-refractivity contribution in [1.29, 1.82) is 0 Å². The van der Waals surface area contributed by atoms with Gasteiger partial charge in [0.2, 0.25) is 0 Å². The molecule has 5 nitrogen and oxygen atoms in total. The summed E-state index contributed by atoms with van der Waals surface area (Å²) in [4.78, 5) is 26.2. The minimum absolute atomic E-state index is 0.0655. The molecule has 0 unspecified atom stereocenters. The van der Waals surface area contributed by atoms with Gasteiger partial charge in [-0.2, -0.15) is 0 Å². The third-order valence-corrected chi connectivity index (χ3v) is 5.15. The SMILES string of the molecule is O=C1NC(=S)N(c2ccccc2F)C(=O)/C1=C/c1ccc(-c2cc(Cl)ccc2Cl)o1. The largest absolute Gasteiger partial charge is 0.457 e. The number of nitrogens with one attached hydrogen (secondary N) is 1. The highest BCUT2D eigenvalue weighted by molar-refractivity contribution is 7.80. The van der Waals surface area contributed by atoms with E-state index in [-0.39, 0.29) is 22.1 Å². The molecule has 150 valence electrons. The van der Waals surface area contributed by atoms with Crippen molar-refractivity contribution in [3.63, 3.8) is 0 Å². The predicted molar refractivity (Wildman–Crippen MR) is 117 cm³/mol. The summed E-state index contributed by atoms with van der Waals surface area (Å²) in [5, 5.41) is 3.08. The Kier molecular flexibility index (Phi) is 5.42. The van der Waals surface area contributed by atoms with Crippen molar-refractivity contribution in [2.45, 2.75) is 0 Å². The first-order valence-corrected chi connectivity index (χ1v) is 9.73. The van der Waals surface area contributed by atoms with E-state index in [2.05, 4.69) is 5.32 Å². The summed E-state index contributed by atoms with van der Waals surface area (Å²) in [5.74, 6) is -1.51. The van der Waals surface area contributed by atoms with Crippen molar-refractivity contribution in [2.24, 2.45) is 0 Å². The maximum atomic E-state index is 14.2. The first-order chi connectivity index (χ1) is 14.3. The number of halogens is 3. The minimum atomic E-state index is -0.771. The third kappa shape index (κ3) is 3.75. The summed E-state index contributed by atoms with van der Waals surface area (Å²) >= 11 is 17.3. The molecular weight excluding hydrogens is 450 g/mol. The number of amides is 2. The summed E-state index contributed by atoms with van der Waals surface area (Å²) in [6, 6.07) is 13.7. The Morgan fingerprint density at radius 1 is 1.07 bits per heavy atom. The number of benzene rings is 2. The molecule has 1 aromatic heterocycles. The zero-order valence-electron chi connectivity index (χ0n) is 15.0. The molecule has 2 heterocycles. The van der Waals surface area contributed by atoms with Crippen molar-refractivity contribution >= 4 is 64.1 Å². The fraction of sp³-hybridized carbons (Fsp3) is 0. The van der Waals surface area contributed by atoms with Crippen LogP contribution in [0.1, 0.15) is 5.76 Å². The highest BCUT2D eigenvalue weighted by atomic mass is 35.5. The number of anilines is 1. The summed E-state index contributed by atoms with van der Waals surface area (Å²) < 4.78 is 19.9. The third-order valence-electron chi connectivity index (χ3n) is 4.30. The number of furan rings is 1. The second-order valence-electron chi connectivity index (χ2n) is 6.24. The fourth-order valence-corrected chi connectivity index (χ4v) is 3.57. The number of hydrogen-bond acceptors (Lipinski definition) is 4. The lowest BCUT2D eigenvalue weighted by molar-refractivity contribution is -0.122. The van der Waals surface area contributed by atoms with Crippen molar-refractivity contribution in [3.8, 4) is 11.3 Å². The molecular formula is C21H11Cl2FN2O3S. The normalized spacial score (nSPS) is 15.6. The molecule has 1 saturated heterocycles. The molecule has 3 aromatic rings. The van der Waals surface area contributed by atoms with E-state index in [0.717, 1.165) is 4.90 Å². The van der Waals surface area contributed by atoms with E-state index in [4.69, 9.17) is 39.8 Å². The summed E-state index contributed by atoms with van der Waals surface area (Å²) in [5.41, 5.74) is 0.233. The van der Waals surface area contributed by atoms with E-state index in [9.17, 15) is 14.0 Å². The van der Waals surface area contributed by atoms with Crippen molar-refractivity contribution in [3.05, 3.63) is 81.8 Å². The average Bonchev–Trinajstić information content (AvgIpc) is 3.17. The van der Waals surface area contributed by atoms with Crippen molar-refractivity contribution in [1.82, 2.24) is 5.32 Å². The van der Waals surface area contributed by atoms with Gasteiger partial charge in [-0.15, -0.1) is 0 Å². The lowest BCUT2D eigenvalue weighted by atomic mass is 10.1. The Morgan fingerprint density at radius 2 is 1.83 bits per heavy atom. The number of thiocarbonyl (C=S) groups is 1. The maximum absolute atomic E-state index is 14.2. The summed E-state index contributed by atoms with van der Waals surface area (Å²) in [7, 11) is 0. The minimum Gasteiger partial charge on any atom is -0.457 e. The predicted octanol–water partition coefficient (Wildman–Crippen LogP) is 5.22. The number of carbonyl (C=O) groups is 2. The van der Waals surface area contributed by atoms with Gasteiger partial charge < -0.3 is 4.42 Å². The van der Waals surface area contributed by atoms with Crippen molar-refractivity contribution < 1.29 is 18.4 Å². The number of nitrogens with zero attached hydrogens (tertiary/aromatic N) is 1. The molecule has 1 fully saturated rings. The number of para-hydroxylation sites is 1. The molecule has 1 aliphatic heterocycles. The number of hydrogen-bond donors (Lipinski definition) is 1. The molecule has 0 bridgehead atoms. The maximum Gasteiger partial charge on any atom is 0.270 e. The standard InChI is InChI=1S/C21H11Cl2FN2O3S/c22-11-5-7-15(23)13(9-11)18-8-6-12(29-18)10-14-19(27)25-21(30)26(20(14)28)17-4-2-1-3-16(17)24/h1-10H,(H,25,27,30)/b14-10+. The van der Waals surface area contributed by atoms with Crippen LogP contribution in [0.25, 0.3) is 17.4 Å². The molecule has 1 N–H and O–H groups in total. The fourth-order valence-electron chi connectivity index (χ4n) is 2.91. The Morgan fingerprint density at radius 3 is 2.60 bits per heavy atom. The van der Waals surface area contributed by atoms with E-state index in [1.807, 2.05) is 0 Å². The molecule has 0 atom stereocenters. The van der Waals surface area contributed by atoms with Gasteiger partial charge in [-0.05, 0) is 60.8 Å². The van der Waals surface area contributed by atoms with Crippen LogP contribution in [0.15, 0.2) is 64.6 Å². The van der Waals surface area contributed by atoms with Gasteiger partial charge in [-0.25, -0.2) is 9.29 Å².